The zero-order chi connectivity index (χ0) is 20.6. The molecule has 0 saturated heterocycles. The van der Waals surface area contributed by atoms with Gasteiger partial charge < -0.3 is 20.1 Å². The molecule has 10 nitrogen and oxygen atoms in total. The summed E-state index contributed by atoms with van der Waals surface area (Å²) in [6, 6.07) is 9.05. The minimum Gasteiger partial charge on any atom is -0.493 e. The van der Waals surface area contributed by atoms with Gasteiger partial charge in [-0.15, -0.1) is 0 Å². The molecule has 0 saturated carbocycles. The number of hydrogen-bond acceptors (Lipinski definition) is 9. The van der Waals surface area contributed by atoms with Gasteiger partial charge in [-0.3, -0.25) is 15.1 Å². The standard InChI is InChI=1S/C19H20N6O4/c1-28-15-6-5-13(10-16(15)29-2)7-9-21-18-17(25(26)27)19(23-12-22-18)24-14-4-3-8-20-11-14/h3-6,8,10-12H,7,9H2,1-2H3,(H2,21,22,23,24). The molecule has 0 aliphatic rings. The largest absolute Gasteiger partial charge is 0.493 e. The molecule has 2 heterocycles. The molecule has 0 unspecified atom stereocenters. The lowest BCUT2D eigenvalue weighted by atomic mass is 10.1. The molecule has 150 valence electrons. The van der Waals surface area contributed by atoms with Crippen molar-refractivity contribution >= 4 is 23.0 Å². The summed E-state index contributed by atoms with van der Waals surface area (Å²) in [5, 5.41) is 17.5. The normalized spacial score (nSPS) is 10.3. The molecular weight excluding hydrogens is 376 g/mol. The molecule has 1 aromatic carbocycles. The van der Waals surface area contributed by atoms with E-state index in [-0.39, 0.29) is 17.3 Å². The van der Waals surface area contributed by atoms with Gasteiger partial charge in [0.15, 0.2) is 11.5 Å². The number of benzene rings is 1. The number of pyridine rings is 1. The Hall–Kier alpha value is -3.95. The van der Waals surface area contributed by atoms with Crippen molar-refractivity contribution in [3.63, 3.8) is 0 Å². The van der Waals surface area contributed by atoms with Crippen LogP contribution in [0.4, 0.5) is 23.0 Å². The Bertz CT molecular complexity index is 984. The third-order valence-electron chi connectivity index (χ3n) is 4.08. The average Bonchev–Trinajstić information content (AvgIpc) is 2.74. The maximum atomic E-state index is 11.6. The van der Waals surface area contributed by atoms with Crippen molar-refractivity contribution < 1.29 is 14.4 Å². The first kappa shape index (κ1) is 19.8. The van der Waals surface area contributed by atoms with E-state index >= 15 is 0 Å². The van der Waals surface area contributed by atoms with Crippen LogP contribution in [0.15, 0.2) is 49.1 Å². The second kappa shape index (κ2) is 9.31. The third-order valence-corrected chi connectivity index (χ3v) is 4.08. The van der Waals surface area contributed by atoms with Gasteiger partial charge in [0.05, 0.1) is 31.0 Å². The molecule has 0 amide bonds. The van der Waals surface area contributed by atoms with Crippen LogP contribution in [0.3, 0.4) is 0 Å². The minimum atomic E-state index is -0.516. The number of rotatable bonds is 9. The highest BCUT2D eigenvalue weighted by atomic mass is 16.6. The van der Waals surface area contributed by atoms with Crippen LogP contribution in [0.1, 0.15) is 5.56 Å². The van der Waals surface area contributed by atoms with Gasteiger partial charge in [-0.1, -0.05) is 6.07 Å². The Morgan fingerprint density at radius 1 is 1.10 bits per heavy atom. The van der Waals surface area contributed by atoms with Crippen LogP contribution in [0.25, 0.3) is 0 Å². The third kappa shape index (κ3) is 4.86. The van der Waals surface area contributed by atoms with E-state index in [0.717, 1.165) is 5.56 Å². The zero-order valence-electron chi connectivity index (χ0n) is 16.0. The lowest BCUT2D eigenvalue weighted by Gasteiger charge is -2.11. The predicted octanol–water partition coefficient (Wildman–Crippen LogP) is 3.20. The average molecular weight is 396 g/mol. The Labute approximate surface area is 167 Å². The number of methoxy groups -OCH3 is 2. The SMILES string of the molecule is COc1ccc(CCNc2ncnc(Nc3cccnc3)c2[N+](=O)[O-])cc1OC. The van der Waals surface area contributed by atoms with Gasteiger partial charge in [0.25, 0.3) is 0 Å². The lowest BCUT2D eigenvalue weighted by molar-refractivity contribution is -0.383. The Balaban J connectivity index is 1.74. The minimum absolute atomic E-state index is 0.0895. The van der Waals surface area contributed by atoms with Crippen molar-refractivity contribution in [1.82, 2.24) is 15.0 Å². The molecule has 0 atom stereocenters. The first-order valence-corrected chi connectivity index (χ1v) is 8.73. The van der Waals surface area contributed by atoms with Gasteiger partial charge in [0.2, 0.25) is 11.6 Å². The molecule has 0 aliphatic heterocycles. The van der Waals surface area contributed by atoms with E-state index in [1.807, 2.05) is 18.2 Å². The predicted molar refractivity (Wildman–Crippen MR) is 108 cm³/mol. The first-order valence-electron chi connectivity index (χ1n) is 8.73. The number of ether oxygens (including phenoxy) is 2. The molecule has 2 N–H and O–H groups in total. The molecule has 0 spiro atoms. The highest BCUT2D eigenvalue weighted by Gasteiger charge is 2.23. The van der Waals surface area contributed by atoms with E-state index < -0.39 is 4.92 Å². The van der Waals surface area contributed by atoms with Crippen LogP contribution in [-0.4, -0.2) is 40.6 Å². The van der Waals surface area contributed by atoms with Crippen LogP contribution < -0.4 is 20.1 Å². The van der Waals surface area contributed by atoms with Crippen molar-refractivity contribution in [2.45, 2.75) is 6.42 Å². The van der Waals surface area contributed by atoms with Crippen molar-refractivity contribution in [2.75, 3.05) is 31.4 Å². The summed E-state index contributed by atoms with van der Waals surface area (Å²) < 4.78 is 10.5. The molecule has 0 aliphatic carbocycles. The van der Waals surface area contributed by atoms with Gasteiger partial charge in [0, 0.05) is 12.7 Å². The molecule has 2 aromatic heterocycles. The van der Waals surface area contributed by atoms with Crippen LogP contribution in [0.5, 0.6) is 11.5 Å². The quantitative estimate of drug-likeness (QED) is 0.414. The van der Waals surface area contributed by atoms with Crippen molar-refractivity contribution in [1.29, 1.82) is 0 Å². The van der Waals surface area contributed by atoms with E-state index in [9.17, 15) is 10.1 Å². The van der Waals surface area contributed by atoms with Crippen LogP contribution >= 0.6 is 0 Å². The maximum absolute atomic E-state index is 11.6. The summed E-state index contributed by atoms with van der Waals surface area (Å²) in [5.74, 6) is 1.49. The van der Waals surface area contributed by atoms with Crippen molar-refractivity contribution in [3.05, 3.63) is 64.7 Å². The Morgan fingerprint density at radius 3 is 2.59 bits per heavy atom. The number of anilines is 3. The van der Waals surface area contributed by atoms with Crippen LogP contribution in [0, 0.1) is 10.1 Å². The van der Waals surface area contributed by atoms with Gasteiger partial charge in [-0.2, -0.15) is 0 Å². The van der Waals surface area contributed by atoms with Gasteiger partial charge in [-0.25, -0.2) is 9.97 Å². The van der Waals surface area contributed by atoms with Crippen molar-refractivity contribution in [2.24, 2.45) is 0 Å². The van der Waals surface area contributed by atoms with E-state index in [2.05, 4.69) is 25.6 Å². The number of hydrogen-bond donors (Lipinski definition) is 2. The topological polar surface area (TPSA) is 124 Å². The molecular formula is C19H20N6O4. The summed E-state index contributed by atoms with van der Waals surface area (Å²) in [6.07, 6.45) is 5.04. The molecule has 0 radical (unpaired) electrons. The Morgan fingerprint density at radius 2 is 1.90 bits per heavy atom. The van der Waals surface area contributed by atoms with E-state index in [1.165, 1.54) is 6.33 Å². The van der Waals surface area contributed by atoms with Gasteiger partial charge in [0.1, 0.15) is 6.33 Å². The van der Waals surface area contributed by atoms with Crippen LogP contribution in [-0.2, 0) is 6.42 Å². The fraction of sp³-hybridized carbons (Fsp3) is 0.211. The molecule has 3 aromatic rings. The van der Waals surface area contributed by atoms with E-state index in [0.29, 0.717) is 30.2 Å². The summed E-state index contributed by atoms with van der Waals surface area (Å²) >= 11 is 0. The molecule has 29 heavy (non-hydrogen) atoms. The van der Waals surface area contributed by atoms with Crippen molar-refractivity contribution in [3.8, 4) is 11.5 Å². The monoisotopic (exact) mass is 396 g/mol. The fourth-order valence-electron chi connectivity index (χ4n) is 2.71. The summed E-state index contributed by atoms with van der Waals surface area (Å²) in [4.78, 5) is 23.1. The molecule has 0 fully saturated rings. The maximum Gasteiger partial charge on any atom is 0.353 e. The molecule has 3 rings (SSSR count). The second-order valence-electron chi connectivity index (χ2n) is 5.91. The first-order chi connectivity index (χ1) is 14.1. The van der Waals surface area contributed by atoms with Crippen LogP contribution in [0.2, 0.25) is 0 Å². The summed E-state index contributed by atoms with van der Waals surface area (Å²) in [6.45, 7) is 0.430. The lowest BCUT2D eigenvalue weighted by Crippen LogP contribution is -2.11. The highest BCUT2D eigenvalue weighted by molar-refractivity contribution is 5.73. The van der Waals surface area contributed by atoms with E-state index in [1.54, 1.807) is 38.7 Å². The number of nitro groups is 1. The number of nitrogens with zero attached hydrogens (tertiary/aromatic N) is 4. The zero-order valence-corrected chi connectivity index (χ0v) is 16.0. The molecule has 0 bridgehead atoms. The summed E-state index contributed by atoms with van der Waals surface area (Å²) in [5.41, 5.74) is 1.34. The fourth-order valence-corrected chi connectivity index (χ4v) is 2.71. The number of aromatic nitrogens is 3. The van der Waals surface area contributed by atoms with Gasteiger partial charge in [-0.05, 0) is 36.2 Å². The molecule has 10 heteroatoms. The second-order valence-corrected chi connectivity index (χ2v) is 5.91. The highest BCUT2D eigenvalue weighted by Crippen LogP contribution is 2.31. The van der Waals surface area contributed by atoms with Gasteiger partial charge >= 0.3 is 5.69 Å². The summed E-state index contributed by atoms with van der Waals surface area (Å²) in [7, 11) is 3.14. The van der Waals surface area contributed by atoms with E-state index in [4.69, 9.17) is 9.47 Å². The Kier molecular flexibility index (Phi) is 6.36. The smallest absolute Gasteiger partial charge is 0.353 e. The number of nitrogens with one attached hydrogen (secondary N) is 2.